The van der Waals surface area contributed by atoms with Crippen molar-refractivity contribution in [1.29, 1.82) is 0 Å². The van der Waals surface area contributed by atoms with Gasteiger partial charge in [-0.1, -0.05) is 46.2 Å². The third-order valence-corrected chi connectivity index (χ3v) is 12.7. The second kappa shape index (κ2) is 31.5. The van der Waals surface area contributed by atoms with Gasteiger partial charge < -0.3 is 69.2 Å². The van der Waals surface area contributed by atoms with E-state index in [1.54, 1.807) is 38.1 Å². The molecule has 2 aliphatic heterocycles. The van der Waals surface area contributed by atoms with Gasteiger partial charge in [-0.3, -0.25) is 57.5 Å². The summed E-state index contributed by atoms with van der Waals surface area (Å²) in [6, 6.07) is -2.40. The molecule has 25 nitrogen and oxygen atoms in total. The number of nitrogens with two attached hydrogens (primary N) is 3. The number of carbonyl (C=O) groups excluding carboxylic acids is 11. The van der Waals surface area contributed by atoms with Gasteiger partial charge in [0.25, 0.3) is 5.97 Å². The maximum absolute atomic E-state index is 14.5. The van der Waals surface area contributed by atoms with Crippen LogP contribution in [0.5, 0.6) is 5.75 Å². The lowest BCUT2D eigenvalue weighted by atomic mass is 9.96. The van der Waals surface area contributed by atoms with E-state index in [1.807, 2.05) is 13.8 Å². The van der Waals surface area contributed by atoms with Crippen LogP contribution in [-0.4, -0.2) is 155 Å². The number of benzene rings is 1. The zero-order valence-corrected chi connectivity index (χ0v) is 43.1. The van der Waals surface area contributed by atoms with Gasteiger partial charge in [0.1, 0.15) is 48.0 Å². The summed E-state index contributed by atoms with van der Waals surface area (Å²) in [5, 5.41) is 25.6. The van der Waals surface area contributed by atoms with Gasteiger partial charge >= 0.3 is 0 Å². The smallest absolute Gasteiger partial charge is 0.300 e. The lowest BCUT2D eigenvalue weighted by molar-refractivity contribution is -0.142. The van der Waals surface area contributed by atoms with Crippen molar-refractivity contribution in [2.24, 2.45) is 29.0 Å². The molecule has 73 heavy (non-hydrogen) atoms. The summed E-state index contributed by atoms with van der Waals surface area (Å²) < 4.78 is 5.25. The van der Waals surface area contributed by atoms with Crippen molar-refractivity contribution in [3.05, 3.63) is 29.8 Å². The first kappa shape index (κ1) is 62.1. The molecule has 3 rings (SSSR count). The number of primary amides is 3. The molecule has 8 atom stereocenters. The number of hydrogen-bond acceptors (Lipinski definition) is 14. The van der Waals surface area contributed by atoms with Gasteiger partial charge in [0.05, 0.1) is 20.1 Å². The van der Waals surface area contributed by atoms with Crippen molar-refractivity contribution in [2.45, 2.75) is 141 Å². The van der Waals surface area contributed by atoms with E-state index in [9.17, 15) is 52.7 Å². The number of nitrogens with zero attached hydrogens (tertiary/aromatic N) is 1. The highest BCUT2D eigenvalue weighted by Gasteiger charge is 2.40. The molecule has 0 radical (unpaired) electrons. The van der Waals surface area contributed by atoms with Crippen LogP contribution in [0.2, 0.25) is 0 Å². The second-order valence-electron chi connectivity index (χ2n) is 18.2. The first-order chi connectivity index (χ1) is 34.4. The Balaban J connectivity index is 0.00000439. The summed E-state index contributed by atoms with van der Waals surface area (Å²) in [6.45, 7) is 7.83. The van der Waals surface area contributed by atoms with E-state index >= 15 is 0 Å². The van der Waals surface area contributed by atoms with Gasteiger partial charge in [0.15, 0.2) is 0 Å². The quantitative estimate of drug-likeness (QED) is 0.0730. The molecule has 0 aliphatic carbocycles. The Hall–Kier alpha value is -6.99. The molecule has 2 heterocycles. The third kappa shape index (κ3) is 22.5. The van der Waals surface area contributed by atoms with E-state index in [0.717, 1.165) is 6.92 Å². The first-order valence-electron chi connectivity index (χ1n) is 24.0. The number of likely N-dealkylation sites (tertiary alicyclic amines) is 1. The van der Waals surface area contributed by atoms with Gasteiger partial charge in [0, 0.05) is 38.5 Å². The van der Waals surface area contributed by atoms with Crippen LogP contribution in [0, 0.1) is 11.8 Å². The highest BCUT2D eigenvalue weighted by Crippen LogP contribution is 2.22. The molecule has 14 N–H and O–H groups in total. The average Bonchev–Trinajstić information content (AvgIpc) is 3.82. The molecule has 2 aliphatic rings. The first-order valence-corrected chi connectivity index (χ1v) is 25.2. The molecule has 1 aromatic carbocycles. The van der Waals surface area contributed by atoms with Crippen molar-refractivity contribution in [2.75, 3.05) is 31.7 Å². The maximum atomic E-state index is 14.5. The predicted molar refractivity (Wildman–Crippen MR) is 266 cm³/mol. The standard InChI is InChI=1S/C45H69N11O12S.C2H4O2/c1-6-25(4)38-44(66)51-28(15-16-34(46)57)40(62)52-31(21-35(47)58)41(63)54-32(23-69-18-8-10-37(60)50-30(42(64)55-38)20-26-11-13-27(68-5)14-12-26)45(67)56-17-7-9-33(56)43(65)53-29(19-24(2)3)39(61)49-22-36(48)59;1-2(3)4/h11-14,24-25,28-33,38H,6-10,15-23H2,1-5H3,(H2,46,57)(H2,47,58)(H2,48,59)(H,49,61)(H,50,60)(H,51,66)(H,52,62)(H,53,65)(H,54,63)(H,55,64);1H3,(H,3,4)/t25-,28?,29-,30-,31?,32-,33-,38-;/m0./s1. The van der Waals surface area contributed by atoms with Crippen molar-refractivity contribution in [3.8, 4) is 5.75 Å². The number of aliphatic carboxylic acids is 1. The Morgan fingerprint density at radius 3 is 2.01 bits per heavy atom. The molecular formula is C47H73N11O14S. The Kier molecular flexibility index (Phi) is 26.8. The molecule has 2 fully saturated rings. The molecule has 406 valence electrons. The van der Waals surface area contributed by atoms with Crippen molar-refractivity contribution < 1.29 is 67.4 Å². The minimum Gasteiger partial charge on any atom is -0.497 e. The molecule has 0 aromatic heterocycles. The number of thioether (sulfide) groups is 1. The highest BCUT2D eigenvalue weighted by molar-refractivity contribution is 7.99. The molecule has 0 bridgehead atoms. The number of carboxylic acid groups (broad SMARTS) is 1. The molecule has 0 spiro atoms. The van der Waals surface area contributed by atoms with E-state index in [1.165, 1.54) is 23.8 Å². The molecular weight excluding hydrogens is 975 g/mol. The molecule has 1 aromatic rings. The van der Waals surface area contributed by atoms with Crippen LogP contribution >= 0.6 is 11.8 Å². The van der Waals surface area contributed by atoms with E-state index < -0.39 is 139 Å². The van der Waals surface area contributed by atoms with Crippen LogP contribution in [-0.2, 0) is 64.0 Å². The number of ether oxygens (including phenoxy) is 1. The number of carbonyl (C=O) groups is 12. The van der Waals surface area contributed by atoms with Crippen LogP contribution in [0.15, 0.2) is 24.3 Å². The summed E-state index contributed by atoms with van der Waals surface area (Å²) in [6.07, 6.45) is -0.176. The van der Waals surface area contributed by atoms with Crippen LogP contribution in [0.3, 0.4) is 0 Å². The van der Waals surface area contributed by atoms with Gasteiger partial charge in [0.2, 0.25) is 65.0 Å². The molecule has 2 saturated heterocycles. The Bertz CT molecular complexity index is 2120. The van der Waals surface area contributed by atoms with Gasteiger partial charge in [-0.25, -0.2) is 0 Å². The van der Waals surface area contributed by atoms with Crippen molar-refractivity contribution in [1.82, 2.24) is 42.1 Å². The SMILES string of the molecule is CC(=O)O.CC[C@H](C)[C@@H]1NC(=O)[C@H](Cc2ccc(OC)cc2)NC(=O)CCCSC[C@@H](C(=O)N2CCC[C@H]2C(=O)N[C@@H](CC(C)C)C(=O)NCC(N)=O)NC(=O)C(CC(N)=O)NC(=O)C(CCC(N)=O)NC1=O. The number of methoxy groups -OCH3 is 1. The number of hydrogen-bond donors (Lipinski definition) is 11. The van der Waals surface area contributed by atoms with Gasteiger partial charge in [-0.2, -0.15) is 11.8 Å². The number of carboxylic acids is 1. The van der Waals surface area contributed by atoms with E-state index in [4.69, 9.17) is 31.8 Å². The van der Waals surface area contributed by atoms with Crippen molar-refractivity contribution in [3.63, 3.8) is 0 Å². The fourth-order valence-electron chi connectivity index (χ4n) is 7.68. The minimum absolute atomic E-state index is 0.0237. The summed E-state index contributed by atoms with van der Waals surface area (Å²) in [5.41, 5.74) is 16.8. The predicted octanol–water partition coefficient (Wildman–Crippen LogP) is -2.41. The Morgan fingerprint density at radius 2 is 1.44 bits per heavy atom. The summed E-state index contributed by atoms with van der Waals surface area (Å²) in [4.78, 5) is 157. The summed E-state index contributed by atoms with van der Waals surface area (Å²) in [7, 11) is 1.50. The third-order valence-electron chi connectivity index (χ3n) is 11.6. The molecule has 0 saturated carbocycles. The topological polar surface area (TPSA) is 400 Å². The van der Waals surface area contributed by atoms with Crippen LogP contribution in [0.1, 0.15) is 98.0 Å². The lowest BCUT2D eigenvalue weighted by Crippen LogP contribution is -2.61. The van der Waals surface area contributed by atoms with E-state index in [2.05, 4.69) is 37.2 Å². The minimum atomic E-state index is -1.71. The fourth-order valence-corrected chi connectivity index (χ4v) is 8.66. The number of rotatable bonds is 18. The zero-order valence-electron chi connectivity index (χ0n) is 42.2. The van der Waals surface area contributed by atoms with E-state index in [0.29, 0.717) is 24.2 Å². The van der Waals surface area contributed by atoms with Crippen molar-refractivity contribution >= 4 is 82.7 Å². The Morgan fingerprint density at radius 1 is 0.822 bits per heavy atom. The Labute approximate surface area is 428 Å². The van der Waals surface area contributed by atoms with Gasteiger partial charge in [-0.15, -0.1) is 0 Å². The fraction of sp³-hybridized carbons (Fsp3) is 0.617. The monoisotopic (exact) mass is 1050 g/mol. The summed E-state index contributed by atoms with van der Waals surface area (Å²) >= 11 is 1.18. The van der Waals surface area contributed by atoms with Crippen LogP contribution in [0.4, 0.5) is 0 Å². The number of amides is 11. The molecule has 11 amide bonds. The summed E-state index contributed by atoms with van der Waals surface area (Å²) in [5.74, 6) is -9.43. The normalized spacial score (nSPS) is 22.2. The van der Waals surface area contributed by atoms with Crippen LogP contribution < -0.4 is 59.2 Å². The van der Waals surface area contributed by atoms with Crippen LogP contribution in [0.25, 0.3) is 0 Å². The largest absolute Gasteiger partial charge is 0.497 e. The lowest BCUT2D eigenvalue weighted by Gasteiger charge is -2.31. The number of nitrogens with one attached hydrogen (secondary N) is 7. The molecule has 26 heteroatoms. The highest BCUT2D eigenvalue weighted by atomic mass is 32.2. The van der Waals surface area contributed by atoms with E-state index in [-0.39, 0.29) is 62.5 Å². The van der Waals surface area contributed by atoms with Gasteiger partial charge in [-0.05, 0) is 67.4 Å². The second-order valence-corrected chi connectivity index (χ2v) is 19.3. The zero-order chi connectivity index (χ0) is 54.9. The molecule has 2 unspecified atom stereocenters. The average molecular weight is 1050 g/mol. The maximum Gasteiger partial charge on any atom is 0.300 e.